The summed E-state index contributed by atoms with van der Waals surface area (Å²) in [5, 5.41) is 6.80. The van der Waals surface area contributed by atoms with Crippen molar-refractivity contribution in [1.29, 1.82) is 0 Å². The van der Waals surface area contributed by atoms with Crippen molar-refractivity contribution in [3.8, 4) is 11.3 Å². The van der Waals surface area contributed by atoms with Crippen LogP contribution in [-0.2, 0) is 0 Å². The van der Waals surface area contributed by atoms with Crippen molar-refractivity contribution in [2.24, 2.45) is 5.92 Å². The van der Waals surface area contributed by atoms with Crippen LogP contribution >= 0.6 is 11.8 Å². The van der Waals surface area contributed by atoms with Gasteiger partial charge < -0.3 is 10.6 Å². The van der Waals surface area contributed by atoms with Gasteiger partial charge in [0.25, 0.3) is 0 Å². The van der Waals surface area contributed by atoms with E-state index in [1.165, 1.54) is 17.7 Å². The summed E-state index contributed by atoms with van der Waals surface area (Å²) in [5.41, 5.74) is 2.02. The van der Waals surface area contributed by atoms with Gasteiger partial charge in [0.1, 0.15) is 5.82 Å². The van der Waals surface area contributed by atoms with E-state index in [0.717, 1.165) is 42.6 Å². The summed E-state index contributed by atoms with van der Waals surface area (Å²) in [5.74, 6) is 1.60. The first-order valence-electron chi connectivity index (χ1n) is 7.76. The minimum absolute atomic E-state index is 0.738. The largest absolute Gasteiger partial charge is 0.369 e. The van der Waals surface area contributed by atoms with Gasteiger partial charge in [-0.15, -0.1) is 11.8 Å². The molecule has 1 fully saturated rings. The maximum absolute atomic E-state index is 4.52. The van der Waals surface area contributed by atoms with Crippen LogP contribution in [0.25, 0.3) is 11.3 Å². The van der Waals surface area contributed by atoms with Gasteiger partial charge in [-0.25, -0.2) is 4.98 Å². The fourth-order valence-electron chi connectivity index (χ4n) is 2.66. The van der Waals surface area contributed by atoms with Crippen LogP contribution in [0.2, 0.25) is 0 Å². The van der Waals surface area contributed by atoms with Crippen molar-refractivity contribution >= 4 is 17.6 Å². The quantitative estimate of drug-likeness (QED) is 0.830. The van der Waals surface area contributed by atoms with E-state index in [-0.39, 0.29) is 0 Å². The number of anilines is 1. The third-order valence-corrected chi connectivity index (χ3v) is 4.81. The highest BCUT2D eigenvalue weighted by Gasteiger charge is 2.12. The molecule has 1 aliphatic heterocycles. The fraction of sp³-hybridized carbons (Fsp3) is 0.412. The highest BCUT2D eigenvalue weighted by molar-refractivity contribution is 7.98. The molecule has 0 atom stereocenters. The molecule has 2 heterocycles. The second kappa shape index (κ2) is 7.61. The van der Waals surface area contributed by atoms with E-state index >= 15 is 0 Å². The van der Waals surface area contributed by atoms with Gasteiger partial charge in [0.05, 0.1) is 18.1 Å². The van der Waals surface area contributed by atoms with Gasteiger partial charge in [-0.05, 0) is 50.2 Å². The number of piperidine rings is 1. The third-order valence-electron chi connectivity index (χ3n) is 4.07. The zero-order valence-corrected chi connectivity index (χ0v) is 13.7. The van der Waals surface area contributed by atoms with Crippen molar-refractivity contribution < 1.29 is 0 Å². The zero-order chi connectivity index (χ0) is 15.2. The van der Waals surface area contributed by atoms with Crippen LogP contribution in [-0.4, -0.2) is 35.9 Å². The number of nitrogens with zero attached hydrogens (tertiary/aromatic N) is 2. The lowest BCUT2D eigenvalue weighted by atomic mass is 9.98. The van der Waals surface area contributed by atoms with Gasteiger partial charge in [-0.1, -0.05) is 12.1 Å². The minimum atomic E-state index is 0.738. The Morgan fingerprint density at radius 1 is 1.14 bits per heavy atom. The molecular formula is C17H22N4S. The van der Waals surface area contributed by atoms with Gasteiger partial charge in [0, 0.05) is 17.0 Å². The van der Waals surface area contributed by atoms with Crippen molar-refractivity contribution in [3.63, 3.8) is 0 Å². The maximum atomic E-state index is 4.52. The van der Waals surface area contributed by atoms with Crippen LogP contribution in [0.1, 0.15) is 12.8 Å². The second-order valence-corrected chi connectivity index (χ2v) is 6.47. The molecule has 3 rings (SSSR count). The summed E-state index contributed by atoms with van der Waals surface area (Å²) in [6.07, 6.45) is 8.23. The number of hydrogen-bond acceptors (Lipinski definition) is 5. The van der Waals surface area contributed by atoms with E-state index in [0.29, 0.717) is 0 Å². The molecule has 1 aliphatic rings. The summed E-state index contributed by atoms with van der Waals surface area (Å²) >= 11 is 1.74. The van der Waals surface area contributed by atoms with E-state index in [2.05, 4.69) is 51.1 Å². The summed E-state index contributed by atoms with van der Waals surface area (Å²) in [4.78, 5) is 10.3. The summed E-state index contributed by atoms with van der Waals surface area (Å²) in [6.45, 7) is 3.24. The molecule has 0 radical (unpaired) electrons. The molecule has 0 amide bonds. The van der Waals surface area contributed by atoms with Crippen LogP contribution in [0.3, 0.4) is 0 Å². The lowest BCUT2D eigenvalue weighted by Crippen LogP contribution is -2.31. The SMILES string of the molecule is CSc1ccc(-c2cnc(NCC3CCNCC3)cn2)cc1. The van der Waals surface area contributed by atoms with Gasteiger partial charge in [-0.3, -0.25) is 4.98 Å². The molecule has 1 aromatic carbocycles. The number of thioether (sulfide) groups is 1. The Labute approximate surface area is 136 Å². The van der Waals surface area contributed by atoms with Crippen LogP contribution in [0, 0.1) is 5.92 Å². The first kappa shape index (κ1) is 15.3. The van der Waals surface area contributed by atoms with Crippen molar-refractivity contribution in [2.75, 3.05) is 31.2 Å². The number of rotatable bonds is 5. The van der Waals surface area contributed by atoms with E-state index in [4.69, 9.17) is 0 Å². The zero-order valence-electron chi connectivity index (χ0n) is 12.9. The number of aromatic nitrogens is 2. The normalized spacial score (nSPS) is 15.7. The molecule has 4 nitrogen and oxygen atoms in total. The molecule has 0 unspecified atom stereocenters. The number of benzene rings is 1. The molecule has 0 saturated carbocycles. The summed E-state index contributed by atoms with van der Waals surface area (Å²) in [6, 6.07) is 8.42. The summed E-state index contributed by atoms with van der Waals surface area (Å²) < 4.78 is 0. The van der Waals surface area contributed by atoms with E-state index in [9.17, 15) is 0 Å². The molecule has 2 aromatic rings. The molecule has 0 spiro atoms. The Bertz CT molecular complexity index is 577. The molecule has 1 saturated heterocycles. The smallest absolute Gasteiger partial charge is 0.144 e. The highest BCUT2D eigenvalue weighted by atomic mass is 32.2. The molecule has 0 bridgehead atoms. The molecule has 5 heteroatoms. The molecule has 0 aliphatic carbocycles. The lowest BCUT2D eigenvalue weighted by Gasteiger charge is -2.22. The number of nitrogens with one attached hydrogen (secondary N) is 2. The Morgan fingerprint density at radius 3 is 2.55 bits per heavy atom. The predicted molar refractivity (Wildman–Crippen MR) is 93.3 cm³/mol. The molecular weight excluding hydrogens is 292 g/mol. The van der Waals surface area contributed by atoms with Crippen molar-refractivity contribution in [1.82, 2.24) is 15.3 Å². The van der Waals surface area contributed by atoms with Crippen LogP contribution in [0.5, 0.6) is 0 Å². The fourth-order valence-corrected chi connectivity index (χ4v) is 3.07. The lowest BCUT2D eigenvalue weighted by molar-refractivity contribution is 0.389. The highest BCUT2D eigenvalue weighted by Crippen LogP contribution is 2.21. The molecule has 2 N–H and O–H groups in total. The topological polar surface area (TPSA) is 49.8 Å². The first-order chi connectivity index (χ1) is 10.8. The first-order valence-corrected chi connectivity index (χ1v) is 8.98. The average molecular weight is 314 g/mol. The van der Waals surface area contributed by atoms with E-state index in [1.54, 1.807) is 11.8 Å². The molecule has 22 heavy (non-hydrogen) atoms. The second-order valence-electron chi connectivity index (χ2n) is 5.59. The molecule has 1 aromatic heterocycles. The standard InChI is InChI=1S/C17H22N4S/c1-22-15-4-2-14(3-5-15)16-11-21-17(12-19-16)20-10-13-6-8-18-9-7-13/h2-5,11-13,18H,6-10H2,1H3,(H,20,21). The maximum Gasteiger partial charge on any atom is 0.144 e. The van der Waals surface area contributed by atoms with Crippen LogP contribution < -0.4 is 10.6 Å². The third kappa shape index (κ3) is 3.99. The van der Waals surface area contributed by atoms with Gasteiger partial charge in [0.15, 0.2) is 0 Å². The van der Waals surface area contributed by atoms with Crippen molar-refractivity contribution in [3.05, 3.63) is 36.7 Å². The van der Waals surface area contributed by atoms with Gasteiger partial charge >= 0.3 is 0 Å². The van der Waals surface area contributed by atoms with E-state index < -0.39 is 0 Å². The monoisotopic (exact) mass is 314 g/mol. The Kier molecular flexibility index (Phi) is 5.29. The minimum Gasteiger partial charge on any atom is -0.369 e. The Balaban J connectivity index is 1.59. The van der Waals surface area contributed by atoms with Crippen LogP contribution in [0.15, 0.2) is 41.6 Å². The Morgan fingerprint density at radius 2 is 1.91 bits per heavy atom. The van der Waals surface area contributed by atoms with Gasteiger partial charge in [-0.2, -0.15) is 0 Å². The van der Waals surface area contributed by atoms with E-state index in [1.807, 2.05) is 12.4 Å². The summed E-state index contributed by atoms with van der Waals surface area (Å²) in [7, 11) is 0. The molecule has 116 valence electrons. The predicted octanol–water partition coefficient (Wildman–Crippen LogP) is 3.28. The Hall–Kier alpha value is -1.59. The average Bonchev–Trinajstić information content (AvgIpc) is 2.61. The van der Waals surface area contributed by atoms with Crippen molar-refractivity contribution in [2.45, 2.75) is 17.7 Å². The number of hydrogen-bond donors (Lipinski definition) is 2. The van der Waals surface area contributed by atoms with Crippen LogP contribution in [0.4, 0.5) is 5.82 Å². The van der Waals surface area contributed by atoms with Gasteiger partial charge in [0.2, 0.25) is 0 Å².